The minimum Gasteiger partial charge on any atom is -0.493 e. The average Bonchev–Trinajstić information content (AvgIpc) is 2.69. The molecule has 1 atom stereocenters. The van der Waals surface area contributed by atoms with Gasteiger partial charge in [-0.15, -0.1) is 0 Å². The lowest BCUT2D eigenvalue weighted by Crippen LogP contribution is -2.44. The van der Waals surface area contributed by atoms with Gasteiger partial charge in [0.25, 0.3) is 5.91 Å². The number of hydrogen-bond acceptors (Lipinski definition) is 7. The molecule has 1 rings (SSSR count). The minimum atomic E-state index is -0.529. The van der Waals surface area contributed by atoms with Gasteiger partial charge in [0.1, 0.15) is 0 Å². The molecular formula is C20H30N2O7. The third kappa shape index (κ3) is 8.71. The van der Waals surface area contributed by atoms with Gasteiger partial charge in [-0.25, -0.2) is 9.59 Å². The van der Waals surface area contributed by atoms with Crippen molar-refractivity contribution >= 4 is 18.0 Å². The van der Waals surface area contributed by atoms with Crippen molar-refractivity contribution < 1.29 is 33.3 Å². The topological polar surface area (TPSA) is 112 Å². The smallest absolute Gasteiger partial charge is 0.407 e. The van der Waals surface area contributed by atoms with Crippen molar-refractivity contribution in [1.82, 2.24) is 10.6 Å². The SMILES string of the molecule is CCOC(=O)NC(CNC(=O)c1ccc(OCC(=O)OC)c(OC)c1)CC(C)C. The number of carbonyl (C=O) groups excluding carboxylic acids is 3. The van der Waals surface area contributed by atoms with Crippen LogP contribution in [0.15, 0.2) is 18.2 Å². The van der Waals surface area contributed by atoms with Crippen LogP contribution >= 0.6 is 0 Å². The summed E-state index contributed by atoms with van der Waals surface area (Å²) in [5, 5.41) is 5.56. The standard InChI is InChI=1S/C20H30N2O7/c1-6-28-20(25)22-15(9-13(2)3)11-21-19(24)14-7-8-16(17(10-14)26-4)29-12-18(23)27-5/h7-8,10,13,15H,6,9,11-12H2,1-5H3,(H,21,24)(H,22,25). The van der Waals surface area contributed by atoms with Crippen molar-refractivity contribution in [3.05, 3.63) is 23.8 Å². The van der Waals surface area contributed by atoms with Gasteiger partial charge in [0.2, 0.25) is 0 Å². The Balaban J connectivity index is 2.75. The summed E-state index contributed by atoms with van der Waals surface area (Å²) in [6, 6.07) is 4.35. The number of esters is 1. The van der Waals surface area contributed by atoms with Gasteiger partial charge >= 0.3 is 12.1 Å². The van der Waals surface area contributed by atoms with Crippen molar-refractivity contribution in [3.8, 4) is 11.5 Å². The maximum absolute atomic E-state index is 12.5. The molecule has 0 aliphatic heterocycles. The third-order valence-corrected chi connectivity index (χ3v) is 3.86. The van der Waals surface area contributed by atoms with Crippen LogP contribution in [0.3, 0.4) is 0 Å². The molecule has 0 fully saturated rings. The Morgan fingerprint density at radius 1 is 1.10 bits per heavy atom. The van der Waals surface area contributed by atoms with Gasteiger partial charge in [0.05, 0.1) is 20.8 Å². The second kappa shape index (κ2) is 12.5. The Labute approximate surface area is 171 Å². The molecule has 0 spiro atoms. The summed E-state index contributed by atoms with van der Waals surface area (Å²) >= 11 is 0. The lowest BCUT2D eigenvalue weighted by molar-refractivity contribution is -0.142. The molecule has 1 aromatic carbocycles. The quantitative estimate of drug-likeness (QED) is 0.538. The predicted octanol–water partition coefficient (Wildman–Crippen LogP) is 2.14. The van der Waals surface area contributed by atoms with Crippen LogP contribution in [0.25, 0.3) is 0 Å². The van der Waals surface area contributed by atoms with Crippen molar-refractivity contribution in [2.75, 3.05) is 34.0 Å². The second-order valence-corrected chi connectivity index (χ2v) is 6.63. The number of amides is 2. The molecule has 0 aromatic heterocycles. The predicted molar refractivity (Wildman–Crippen MR) is 106 cm³/mol. The van der Waals surface area contributed by atoms with Gasteiger partial charge in [-0.3, -0.25) is 4.79 Å². The van der Waals surface area contributed by atoms with Crippen molar-refractivity contribution in [3.63, 3.8) is 0 Å². The zero-order valence-corrected chi connectivity index (χ0v) is 17.6. The van der Waals surface area contributed by atoms with Gasteiger partial charge in [-0.05, 0) is 37.5 Å². The molecule has 0 saturated carbocycles. The summed E-state index contributed by atoms with van der Waals surface area (Å²) in [7, 11) is 2.70. The number of alkyl carbamates (subject to hydrolysis) is 1. The number of methoxy groups -OCH3 is 2. The molecule has 2 amide bonds. The van der Waals surface area contributed by atoms with Crippen LogP contribution in [0.5, 0.6) is 11.5 Å². The van der Waals surface area contributed by atoms with E-state index in [1.807, 2.05) is 13.8 Å². The summed E-state index contributed by atoms with van der Waals surface area (Å²) in [6.07, 6.45) is 0.170. The van der Waals surface area contributed by atoms with Gasteiger partial charge in [0, 0.05) is 18.2 Å². The molecular weight excluding hydrogens is 380 g/mol. The zero-order valence-electron chi connectivity index (χ0n) is 17.6. The van der Waals surface area contributed by atoms with E-state index in [1.165, 1.54) is 20.3 Å². The lowest BCUT2D eigenvalue weighted by Gasteiger charge is -2.21. The van der Waals surface area contributed by atoms with Crippen molar-refractivity contribution in [2.45, 2.75) is 33.2 Å². The summed E-state index contributed by atoms with van der Waals surface area (Å²) in [5.74, 6) is 0.0904. The fourth-order valence-corrected chi connectivity index (χ4v) is 2.54. The van der Waals surface area contributed by atoms with Gasteiger partial charge in [-0.2, -0.15) is 0 Å². The maximum Gasteiger partial charge on any atom is 0.407 e. The fourth-order valence-electron chi connectivity index (χ4n) is 2.54. The van der Waals surface area contributed by atoms with Gasteiger partial charge in [-0.1, -0.05) is 13.8 Å². The van der Waals surface area contributed by atoms with E-state index in [9.17, 15) is 14.4 Å². The largest absolute Gasteiger partial charge is 0.493 e. The van der Waals surface area contributed by atoms with E-state index in [4.69, 9.17) is 14.2 Å². The van der Waals surface area contributed by atoms with E-state index >= 15 is 0 Å². The van der Waals surface area contributed by atoms with E-state index in [1.54, 1.807) is 19.1 Å². The number of hydrogen-bond donors (Lipinski definition) is 2. The average molecular weight is 410 g/mol. The number of benzene rings is 1. The van der Waals surface area contributed by atoms with E-state index in [0.717, 1.165) is 0 Å². The first-order valence-corrected chi connectivity index (χ1v) is 9.39. The molecule has 162 valence electrons. The van der Waals surface area contributed by atoms with Crippen molar-refractivity contribution in [1.29, 1.82) is 0 Å². The molecule has 0 aliphatic carbocycles. The summed E-state index contributed by atoms with van der Waals surface area (Å²) in [6.45, 7) is 6.04. The minimum absolute atomic E-state index is 0.249. The van der Waals surface area contributed by atoms with Crippen LogP contribution in [-0.4, -0.2) is 58.0 Å². The molecule has 2 N–H and O–H groups in total. The number of ether oxygens (including phenoxy) is 4. The van der Waals surface area contributed by atoms with E-state index in [2.05, 4.69) is 15.4 Å². The summed E-state index contributed by atoms with van der Waals surface area (Å²) in [5.41, 5.74) is 0.353. The molecule has 0 saturated heterocycles. The molecule has 0 heterocycles. The molecule has 1 aromatic rings. The molecule has 9 heteroatoms. The highest BCUT2D eigenvalue weighted by Gasteiger charge is 2.17. The molecule has 1 unspecified atom stereocenters. The molecule has 0 aliphatic rings. The maximum atomic E-state index is 12.5. The molecule has 9 nitrogen and oxygen atoms in total. The van der Waals surface area contributed by atoms with Crippen LogP contribution in [-0.2, 0) is 14.3 Å². The highest BCUT2D eigenvalue weighted by Crippen LogP contribution is 2.28. The normalized spacial score (nSPS) is 11.4. The summed E-state index contributed by atoms with van der Waals surface area (Å²) in [4.78, 5) is 35.4. The van der Waals surface area contributed by atoms with Crippen molar-refractivity contribution in [2.24, 2.45) is 5.92 Å². The zero-order chi connectivity index (χ0) is 21.8. The fraction of sp³-hybridized carbons (Fsp3) is 0.550. The van der Waals surface area contributed by atoms with Crippen LogP contribution in [0.2, 0.25) is 0 Å². The Kier molecular flexibility index (Phi) is 10.4. The Bertz CT molecular complexity index is 691. The van der Waals surface area contributed by atoms with Crippen LogP contribution in [0.4, 0.5) is 4.79 Å². The first-order valence-electron chi connectivity index (χ1n) is 9.39. The Morgan fingerprint density at radius 2 is 1.83 bits per heavy atom. The van der Waals surface area contributed by atoms with Crippen LogP contribution in [0, 0.1) is 5.92 Å². The number of rotatable bonds is 11. The highest BCUT2D eigenvalue weighted by atomic mass is 16.6. The molecule has 0 radical (unpaired) electrons. The van der Waals surface area contributed by atoms with E-state index in [0.29, 0.717) is 29.4 Å². The van der Waals surface area contributed by atoms with Crippen LogP contribution in [0.1, 0.15) is 37.6 Å². The first-order chi connectivity index (χ1) is 13.8. The van der Waals surface area contributed by atoms with Crippen LogP contribution < -0.4 is 20.1 Å². The van der Waals surface area contributed by atoms with Gasteiger partial charge in [0.15, 0.2) is 18.1 Å². The molecule has 29 heavy (non-hydrogen) atoms. The number of carbonyl (C=O) groups is 3. The Morgan fingerprint density at radius 3 is 2.41 bits per heavy atom. The second-order valence-electron chi connectivity index (χ2n) is 6.63. The first kappa shape index (κ1) is 24.1. The van der Waals surface area contributed by atoms with E-state index < -0.39 is 12.1 Å². The van der Waals surface area contributed by atoms with Gasteiger partial charge < -0.3 is 29.6 Å². The number of nitrogens with one attached hydrogen (secondary N) is 2. The summed E-state index contributed by atoms with van der Waals surface area (Å²) < 4.78 is 20.0. The third-order valence-electron chi connectivity index (χ3n) is 3.86. The van der Waals surface area contributed by atoms with E-state index in [-0.39, 0.29) is 31.7 Å². The lowest BCUT2D eigenvalue weighted by atomic mass is 10.0. The monoisotopic (exact) mass is 410 g/mol. The highest BCUT2D eigenvalue weighted by molar-refractivity contribution is 5.95. The molecule has 0 bridgehead atoms. The Hall–Kier alpha value is -2.97.